The van der Waals surface area contributed by atoms with E-state index < -0.39 is 0 Å². The van der Waals surface area contributed by atoms with Crippen LogP contribution in [0.25, 0.3) is 10.9 Å². The lowest BCUT2D eigenvalue weighted by Crippen LogP contribution is -2.16. The van der Waals surface area contributed by atoms with E-state index in [0.717, 1.165) is 30.3 Å². The molecule has 24 heavy (non-hydrogen) atoms. The van der Waals surface area contributed by atoms with E-state index in [-0.39, 0.29) is 5.56 Å². The molecule has 0 saturated carbocycles. The Labute approximate surface area is 146 Å². The molecule has 0 unspecified atom stereocenters. The van der Waals surface area contributed by atoms with Crippen LogP contribution in [0.3, 0.4) is 0 Å². The highest BCUT2D eigenvalue weighted by atomic mass is 16.1. The van der Waals surface area contributed by atoms with Crippen LogP contribution in [0.1, 0.15) is 82.8 Å². The predicted molar refractivity (Wildman–Crippen MR) is 105 cm³/mol. The van der Waals surface area contributed by atoms with Crippen LogP contribution in [0.4, 0.5) is 0 Å². The van der Waals surface area contributed by atoms with Gasteiger partial charge in [0.15, 0.2) is 0 Å². The van der Waals surface area contributed by atoms with Crippen LogP contribution in [0.2, 0.25) is 0 Å². The third kappa shape index (κ3) is 5.22. The summed E-state index contributed by atoms with van der Waals surface area (Å²) in [5.74, 6) is 0. The molecule has 2 rings (SSSR count). The van der Waals surface area contributed by atoms with Gasteiger partial charge in [-0.1, -0.05) is 77.0 Å². The van der Waals surface area contributed by atoms with Gasteiger partial charge in [-0.25, -0.2) is 0 Å². The van der Waals surface area contributed by atoms with Gasteiger partial charge < -0.3 is 4.98 Å². The maximum atomic E-state index is 12.6. The maximum Gasteiger partial charge on any atom is 0.251 e. The predicted octanol–water partition coefficient (Wildman–Crippen LogP) is 6.16. The molecule has 0 spiro atoms. The normalized spacial score (nSPS) is 11.2. The van der Waals surface area contributed by atoms with Crippen LogP contribution < -0.4 is 5.56 Å². The number of hydrogen-bond donors (Lipinski definition) is 1. The summed E-state index contributed by atoms with van der Waals surface area (Å²) < 4.78 is 0. The quantitative estimate of drug-likeness (QED) is 0.492. The van der Waals surface area contributed by atoms with Crippen LogP contribution in [0, 0.1) is 0 Å². The van der Waals surface area contributed by atoms with Crippen molar-refractivity contribution in [3.05, 3.63) is 45.7 Å². The van der Waals surface area contributed by atoms with Gasteiger partial charge in [0.05, 0.1) is 0 Å². The molecule has 1 heterocycles. The maximum absolute atomic E-state index is 12.6. The van der Waals surface area contributed by atoms with Gasteiger partial charge in [-0.15, -0.1) is 0 Å². The Bertz CT molecular complexity index is 671. The van der Waals surface area contributed by atoms with Gasteiger partial charge in [0.25, 0.3) is 5.56 Å². The summed E-state index contributed by atoms with van der Waals surface area (Å²) in [4.78, 5) is 15.7. The van der Waals surface area contributed by atoms with E-state index in [0.29, 0.717) is 0 Å². The number of unbranched alkanes of at least 4 members (excludes halogenated alkanes) is 7. The number of aromatic amines is 1. The Morgan fingerprint density at radius 3 is 2.04 bits per heavy atom. The van der Waals surface area contributed by atoms with Gasteiger partial charge in [-0.2, -0.15) is 0 Å². The molecular formula is C22H33NO. The summed E-state index contributed by atoms with van der Waals surface area (Å²) in [6.07, 6.45) is 13.2. The van der Waals surface area contributed by atoms with E-state index in [9.17, 15) is 4.79 Å². The number of nitrogens with one attached hydrogen (secondary N) is 1. The molecule has 132 valence electrons. The average molecular weight is 328 g/mol. The summed E-state index contributed by atoms with van der Waals surface area (Å²) >= 11 is 0. The zero-order valence-corrected chi connectivity index (χ0v) is 15.5. The minimum Gasteiger partial charge on any atom is -0.322 e. The highest BCUT2D eigenvalue weighted by Gasteiger charge is 2.12. The highest BCUT2D eigenvalue weighted by molar-refractivity contribution is 5.83. The monoisotopic (exact) mass is 327 g/mol. The second-order valence-electron chi connectivity index (χ2n) is 6.93. The van der Waals surface area contributed by atoms with Crippen molar-refractivity contribution < 1.29 is 0 Å². The van der Waals surface area contributed by atoms with E-state index in [2.05, 4.69) is 31.0 Å². The number of pyridine rings is 1. The third-order valence-corrected chi connectivity index (χ3v) is 4.95. The standard InChI is InChI=1S/C22H33NO/c1-3-5-7-9-11-14-18-19-15-12-13-17-21(19)23-22(24)20(18)16-10-8-6-4-2/h12-13,15,17H,3-11,14,16H2,1-2H3,(H,23,24). The molecule has 0 aliphatic rings. The van der Waals surface area contributed by atoms with Gasteiger partial charge >= 0.3 is 0 Å². The highest BCUT2D eigenvalue weighted by Crippen LogP contribution is 2.22. The minimum absolute atomic E-state index is 0.133. The number of fused-ring (bicyclic) bond motifs is 1. The third-order valence-electron chi connectivity index (χ3n) is 4.95. The number of hydrogen-bond acceptors (Lipinski definition) is 1. The summed E-state index contributed by atoms with van der Waals surface area (Å²) in [6.45, 7) is 4.48. The van der Waals surface area contributed by atoms with E-state index >= 15 is 0 Å². The molecule has 0 atom stereocenters. The fraction of sp³-hybridized carbons (Fsp3) is 0.591. The van der Waals surface area contributed by atoms with Crippen molar-refractivity contribution in [1.29, 1.82) is 0 Å². The first-order valence-corrected chi connectivity index (χ1v) is 9.90. The lowest BCUT2D eigenvalue weighted by molar-refractivity contribution is 0.627. The Balaban J connectivity index is 2.19. The van der Waals surface area contributed by atoms with E-state index in [1.54, 1.807) is 0 Å². The molecule has 1 aromatic heterocycles. The average Bonchev–Trinajstić information content (AvgIpc) is 2.59. The van der Waals surface area contributed by atoms with Crippen molar-refractivity contribution in [3.8, 4) is 0 Å². The van der Waals surface area contributed by atoms with Crippen molar-refractivity contribution in [1.82, 2.24) is 4.98 Å². The summed E-state index contributed by atoms with van der Waals surface area (Å²) in [5, 5.41) is 1.25. The van der Waals surface area contributed by atoms with Crippen molar-refractivity contribution in [3.63, 3.8) is 0 Å². The topological polar surface area (TPSA) is 32.9 Å². The first-order chi connectivity index (χ1) is 11.8. The molecule has 2 nitrogen and oxygen atoms in total. The first kappa shape index (κ1) is 18.8. The van der Waals surface area contributed by atoms with Crippen LogP contribution >= 0.6 is 0 Å². The molecule has 0 saturated heterocycles. The Morgan fingerprint density at radius 1 is 0.750 bits per heavy atom. The lowest BCUT2D eigenvalue weighted by Gasteiger charge is -2.13. The molecular weight excluding hydrogens is 294 g/mol. The van der Waals surface area contributed by atoms with Crippen molar-refractivity contribution in [2.24, 2.45) is 0 Å². The van der Waals surface area contributed by atoms with E-state index in [1.165, 1.54) is 62.3 Å². The number of H-pyrrole nitrogens is 1. The molecule has 0 bridgehead atoms. The second-order valence-corrected chi connectivity index (χ2v) is 6.93. The molecule has 2 heteroatoms. The molecule has 2 aromatic rings. The van der Waals surface area contributed by atoms with Gasteiger partial charge in [-0.3, -0.25) is 4.79 Å². The van der Waals surface area contributed by atoms with Crippen LogP contribution in [-0.2, 0) is 12.8 Å². The Morgan fingerprint density at radius 2 is 1.33 bits per heavy atom. The number of benzene rings is 1. The number of para-hydroxylation sites is 1. The van der Waals surface area contributed by atoms with Gasteiger partial charge in [0.1, 0.15) is 0 Å². The summed E-state index contributed by atoms with van der Waals surface area (Å²) in [6, 6.07) is 8.28. The first-order valence-electron chi connectivity index (χ1n) is 9.90. The van der Waals surface area contributed by atoms with Gasteiger partial charge in [-0.05, 0) is 37.3 Å². The van der Waals surface area contributed by atoms with Crippen LogP contribution in [-0.4, -0.2) is 4.98 Å². The van der Waals surface area contributed by atoms with Gasteiger partial charge in [0.2, 0.25) is 0 Å². The number of rotatable bonds is 11. The second kappa shape index (κ2) is 10.3. The Kier molecular flexibility index (Phi) is 8.07. The zero-order valence-electron chi connectivity index (χ0n) is 15.5. The number of aryl methyl sites for hydroxylation is 1. The smallest absolute Gasteiger partial charge is 0.251 e. The molecule has 0 fully saturated rings. The summed E-state index contributed by atoms with van der Waals surface area (Å²) in [7, 11) is 0. The molecule has 1 aromatic carbocycles. The fourth-order valence-corrected chi connectivity index (χ4v) is 3.54. The Hall–Kier alpha value is -1.57. The van der Waals surface area contributed by atoms with Crippen LogP contribution in [0.5, 0.6) is 0 Å². The van der Waals surface area contributed by atoms with E-state index in [1.807, 2.05) is 12.1 Å². The van der Waals surface area contributed by atoms with Crippen molar-refractivity contribution in [2.45, 2.75) is 84.5 Å². The fourth-order valence-electron chi connectivity index (χ4n) is 3.54. The molecule has 1 N–H and O–H groups in total. The van der Waals surface area contributed by atoms with Gasteiger partial charge in [0, 0.05) is 16.5 Å². The number of aromatic nitrogens is 1. The van der Waals surface area contributed by atoms with Crippen molar-refractivity contribution in [2.75, 3.05) is 0 Å². The largest absolute Gasteiger partial charge is 0.322 e. The van der Waals surface area contributed by atoms with Crippen LogP contribution in [0.15, 0.2) is 29.1 Å². The van der Waals surface area contributed by atoms with Crippen molar-refractivity contribution >= 4 is 10.9 Å². The summed E-state index contributed by atoms with van der Waals surface area (Å²) in [5.41, 5.74) is 3.47. The minimum atomic E-state index is 0.133. The molecule has 0 aliphatic heterocycles. The van der Waals surface area contributed by atoms with E-state index in [4.69, 9.17) is 0 Å². The molecule has 0 aliphatic carbocycles. The molecule has 0 amide bonds. The molecule has 0 radical (unpaired) electrons. The lowest BCUT2D eigenvalue weighted by atomic mass is 9.94. The SMILES string of the molecule is CCCCCCCc1c(CCCCCC)c(=O)[nH]c2ccccc12. The zero-order chi connectivity index (χ0) is 17.2.